The van der Waals surface area contributed by atoms with Crippen molar-refractivity contribution >= 4 is 23.2 Å². The summed E-state index contributed by atoms with van der Waals surface area (Å²) in [4.78, 5) is 0. The Morgan fingerprint density at radius 3 is 2.61 bits per heavy atom. The van der Waals surface area contributed by atoms with Gasteiger partial charge in [0, 0.05) is 12.5 Å². The van der Waals surface area contributed by atoms with Gasteiger partial charge in [-0.3, -0.25) is 0 Å². The molecule has 3 rings (SSSR count). The van der Waals surface area contributed by atoms with Crippen molar-refractivity contribution in [2.75, 3.05) is 7.11 Å². The maximum Gasteiger partial charge on any atom is 0.0639 e. The van der Waals surface area contributed by atoms with Gasteiger partial charge in [-0.2, -0.15) is 0 Å². The fourth-order valence-electron chi connectivity index (χ4n) is 4.39. The van der Waals surface area contributed by atoms with Crippen LogP contribution in [-0.4, -0.2) is 24.4 Å². The molecule has 0 radical (unpaired) electrons. The zero-order chi connectivity index (χ0) is 16.4. The summed E-state index contributed by atoms with van der Waals surface area (Å²) < 4.78 is 5.53. The SMILES string of the molecule is COC1CCCC(CC(O)C2(c3ccc(Cl)c(Cl)c3)CCC2)C1. The first kappa shape index (κ1) is 17.5. The minimum atomic E-state index is -0.311. The highest BCUT2D eigenvalue weighted by Gasteiger charge is 2.45. The average molecular weight is 357 g/mol. The fraction of sp³-hybridized carbons (Fsp3) is 0.684. The Kier molecular flexibility index (Phi) is 5.57. The second kappa shape index (κ2) is 7.31. The van der Waals surface area contributed by atoms with Gasteiger partial charge in [0.15, 0.2) is 0 Å². The number of benzene rings is 1. The number of hydrogen-bond acceptors (Lipinski definition) is 2. The second-order valence-electron chi connectivity index (χ2n) is 7.28. The van der Waals surface area contributed by atoms with E-state index in [2.05, 4.69) is 0 Å². The Morgan fingerprint density at radius 1 is 1.22 bits per heavy atom. The molecule has 2 saturated carbocycles. The van der Waals surface area contributed by atoms with Crippen LogP contribution in [0.5, 0.6) is 0 Å². The molecule has 4 heteroatoms. The molecule has 0 spiro atoms. The van der Waals surface area contributed by atoms with E-state index in [9.17, 15) is 5.11 Å². The molecular formula is C19H26Cl2O2. The lowest BCUT2D eigenvalue weighted by molar-refractivity contribution is -0.00948. The molecule has 1 aromatic carbocycles. The Balaban J connectivity index is 1.73. The van der Waals surface area contributed by atoms with Crippen molar-refractivity contribution in [3.63, 3.8) is 0 Å². The zero-order valence-electron chi connectivity index (χ0n) is 13.7. The molecule has 2 aliphatic carbocycles. The van der Waals surface area contributed by atoms with E-state index < -0.39 is 0 Å². The van der Waals surface area contributed by atoms with Crippen molar-refractivity contribution in [1.29, 1.82) is 0 Å². The molecule has 2 nitrogen and oxygen atoms in total. The van der Waals surface area contributed by atoms with Crippen molar-refractivity contribution in [3.05, 3.63) is 33.8 Å². The van der Waals surface area contributed by atoms with E-state index in [0.29, 0.717) is 22.1 Å². The van der Waals surface area contributed by atoms with Crippen LogP contribution >= 0.6 is 23.2 Å². The fourth-order valence-corrected chi connectivity index (χ4v) is 4.69. The smallest absolute Gasteiger partial charge is 0.0639 e. The van der Waals surface area contributed by atoms with Gasteiger partial charge in [0.2, 0.25) is 0 Å². The molecule has 0 saturated heterocycles. The van der Waals surface area contributed by atoms with Gasteiger partial charge >= 0.3 is 0 Å². The van der Waals surface area contributed by atoms with Gasteiger partial charge in [0.25, 0.3) is 0 Å². The summed E-state index contributed by atoms with van der Waals surface area (Å²) in [5.74, 6) is 0.559. The number of rotatable bonds is 5. The quantitative estimate of drug-likeness (QED) is 0.768. The normalized spacial score (nSPS) is 28.2. The first-order chi connectivity index (χ1) is 11.0. The molecule has 1 N–H and O–H groups in total. The van der Waals surface area contributed by atoms with E-state index in [-0.39, 0.29) is 11.5 Å². The van der Waals surface area contributed by atoms with E-state index in [0.717, 1.165) is 37.7 Å². The van der Waals surface area contributed by atoms with Crippen LogP contribution in [0.15, 0.2) is 18.2 Å². The van der Waals surface area contributed by atoms with Crippen LogP contribution in [0, 0.1) is 5.92 Å². The standard InChI is InChI=1S/C19H26Cl2O2/c1-23-15-5-2-4-13(10-15)11-18(22)19(8-3-9-19)14-6-7-16(20)17(21)12-14/h6-7,12-13,15,18,22H,2-5,8-11H2,1H3. The summed E-state index contributed by atoms with van der Waals surface area (Å²) in [6.07, 6.45) is 8.79. The van der Waals surface area contributed by atoms with Gasteiger partial charge in [0.1, 0.15) is 0 Å². The van der Waals surface area contributed by atoms with E-state index in [4.69, 9.17) is 27.9 Å². The van der Waals surface area contributed by atoms with Crippen LogP contribution in [0.1, 0.15) is 56.9 Å². The highest BCUT2D eigenvalue weighted by molar-refractivity contribution is 6.42. The number of halogens is 2. The maximum atomic E-state index is 11.0. The van der Waals surface area contributed by atoms with Crippen LogP contribution in [0.25, 0.3) is 0 Å². The van der Waals surface area contributed by atoms with Crippen molar-refractivity contribution in [3.8, 4) is 0 Å². The van der Waals surface area contributed by atoms with E-state index in [1.165, 1.54) is 19.3 Å². The molecular weight excluding hydrogens is 331 g/mol. The van der Waals surface area contributed by atoms with Crippen LogP contribution in [0.3, 0.4) is 0 Å². The molecule has 128 valence electrons. The third-order valence-electron chi connectivity index (χ3n) is 6.00. The summed E-state index contributed by atoms with van der Waals surface area (Å²) in [7, 11) is 1.80. The number of ether oxygens (including phenoxy) is 1. The van der Waals surface area contributed by atoms with Gasteiger partial charge in [-0.15, -0.1) is 0 Å². The minimum Gasteiger partial charge on any atom is -0.392 e. The topological polar surface area (TPSA) is 29.5 Å². The molecule has 3 atom stereocenters. The lowest BCUT2D eigenvalue weighted by Crippen LogP contribution is -2.46. The average Bonchev–Trinajstić information content (AvgIpc) is 2.50. The van der Waals surface area contributed by atoms with Gasteiger partial charge in [-0.25, -0.2) is 0 Å². The number of aliphatic hydroxyl groups is 1. The predicted octanol–water partition coefficient (Wildman–Crippen LogP) is 5.37. The Bertz CT molecular complexity index is 542. The number of methoxy groups -OCH3 is 1. The van der Waals surface area contributed by atoms with Crippen molar-refractivity contribution in [2.24, 2.45) is 5.92 Å². The molecule has 3 unspecified atom stereocenters. The molecule has 0 heterocycles. The minimum absolute atomic E-state index is 0.131. The summed E-state index contributed by atoms with van der Waals surface area (Å²) in [6, 6.07) is 5.84. The van der Waals surface area contributed by atoms with E-state index >= 15 is 0 Å². The molecule has 2 fully saturated rings. The highest BCUT2D eigenvalue weighted by Crippen LogP contribution is 2.49. The second-order valence-corrected chi connectivity index (χ2v) is 8.09. The van der Waals surface area contributed by atoms with Crippen LogP contribution in [0.4, 0.5) is 0 Å². The van der Waals surface area contributed by atoms with Crippen molar-refractivity contribution < 1.29 is 9.84 Å². The molecule has 0 aliphatic heterocycles. The van der Waals surface area contributed by atoms with Crippen LogP contribution < -0.4 is 0 Å². The number of aliphatic hydroxyl groups excluding tert-OH is 1. The third kappa shape index (κ3) is 3.56. The summed E-state index contributed by atoms with van der Waals surface area (Å²) >= 11 is 12.3. The molecule has 0 amide bonds. The largest absolute Gasteiger partial charge is 0.392 e. The van der Waals surface area contributed by atoms with Crippen LogP contribution in [-0.2, 0) is 10.2 Å². The Morgan fingerprint density at radius 2 is 2.00 bits per heavy atom. The van der Waals surface area contributed by atoms with Crippen molar-refractivity contribution in [2.45, 2.75) is 69.0 Å². The summed E-state index contributed by atoms with van der Waals surface area (Å²) in [5, 5.41) is 12.2. The van der Waals surface area contributed by atoms with E-state index in [1.807, 2.05) is 18.2 Å². The Hall–Kier alpha value is -0.280. The molecule has 1 aromatic rings. The predicted molar refractivity (Wildman–Crippen MR) is 95.4 cm³/mol. The van der Waals surface area contributed by atoms with Gasteiger partial charge in [-0.05, 0) is 55.7 Å². The van der Waals surface area contributed by atoms with Gasteiger partial charge < -0.3 is 9.84 Å². The molecule has 0 aromatic heterocycles. The zero-order valence-corrected chi connectivity index (χ0v) is 15.2. The van der Waals surface area contributed by atoms with E-state index in [1.54, 1.807) is 7.11 Å². The maximum absolute atomic E-state index is 11.0. The lowest BCUT2D eigenvalue weighted by atomic mass is 9.59. The van der Waals surface area contributed by atoms with Gasteiger partial charge in [-0.1, -0.05) is 48.5 Å². The summed E-state index contributed by atoms with van der Waals surface area (Å²) in [6.45, 7) is 0. The molecule has 23 heavy (non-hydrogen) atoms. The summed E-state index contributed by atoms with van der Waals surface area (Å²) in [5.41, 5.74) is 1.01. The monoisotopic (exact) mass is 356 g/mol. The first-order valence-corrected chi connectivity index (χ1v) is 9.47. The third-order valence-corrected chi connectivity index (χ3v) is 6.74. The first-order valence-electron chi connectivity index (χ1n) is 8.71. The van der Waals surface area contributed by atoms with Gasteiger partial charge in [0.05, 0.1) is 22.3 Å². The Labute approximate surface area is 149 Å². The highest BCUT2D eigenvalue weighted by atomic mass is 35.5. The lowest BCUT2D eigenvalue weighted by Gasteiger charge is -2.47. The van der Waals surface area contributed by atoms with Crippen molar-refractivity contribution in [1.82, 2.24) is 0 Å². The number of hydrogen-bond donors (Lipinski definition) is 1. The van der Waals surface area contributed by atoms with Crippen LogP contribution in [0.2, 0.25) is 10.0 Å². The molecule has 0 bridgehead atoms. The molecule has 2 aliphatic rings.